The molecule has 0 rings (SSSR count). The SMILES string of the molecule is COCC(NC(=O)OC)C(=O)CCl. The number of halogens is 1. The van der Waals surface area contributed by atoms with Crippen LogP contribution in [0.5, 0.6) is 0 Å². The van der Waals surface area contributed by atoms with Crippen molar-refractivity contribution in [3.05, 3.63) is 0 Å². The number of alkyl carbamates (subject to hydrolysis) is 1. The lowest BCUT2D eigenvalue weighted by Gasteiger charge is -2.14. The van der Waals surface area contributed by atoms with E-state index in [9.17, 15) is 9.59 Å². The van der Waals surface area contributed by atoms with Crippen molar-refractivity contribution in [2.24, 2.45) is 0 Å². The molecule has 0 aromatic heterocycles. The second kappa shape index (κ2) is 6.68. The minimum absolute atomic E-state index is 0.0840. The van der Waals surface area contributed by atoms with E-state index in [2.05, 4.69) is 10.1 Å². The van der Waals surface area contributed by atoms with E-state index in [1.165, 1.54) is 14.2 Å². The fraction of sp³-hybridized carbons (Fsp3) is 0.714. The summed E-state index contributed by atoms with van der Waals surface area (Å²) >= 11 is 5.31. The van der Waals surface area contributed by atoms with E-state index in [4.69, 9.17) is 16.3 Å². The van der Waals surface area contributed by atoms with Gasteiger partial charge in [-0.2, -0.15) is 0 Å². The predicted molar refractivity (Wildman–Crippen MR) is 46.9 cm³/mol. The second-order valence-electron chi connectivity index (χ2n) is 2.24. The van der Waals surface area contributed by atoms with Gasteiger partial charge in [0, 0.05) is 7.11 Å². The molecule has 0 spiro atoms. The van der Waals surface area contributed by atoms with E-state index >= 15 is 0 Å². The van der Waals surface area contributed by atoms with Crippen LogP contribution in [0.4, 0.5) is 4.79 Å². The Morgan fingerprint density at radius 3 is 2.46 bits per heavy atom. The van der Waals surface area contributed by atoms with Crippen LogP contribution in [0.25, 0.3) is 0 Å². The summed E-state index contributed by atoms with van der Waals surface area (Å²) in [6.45, 7) is 0.0840. The quantitative estimate of drug-likeness (QED) is 0.656. The Bertz CT molecular complexity index is 185. The van der Waals surface area contributed by atoms with Crippen LogP contribution < -0.4 is 5.32 Å². The first-order valence-electron chi connectivity index (χ1n) is 3.57. The fourth-order valence-corrected chi connectivity index (χ4v) is 0.862. The molecular weight excluding hydrogens is 198 g/mol. The van der Waals surface area contributed by atoms with Crippen LogP contribution in [0.2, 0.25) is 0 Å². The van der Waals surface area contributed by atoms with Crippen LogP contribution in [0.1, 0.15) is 0 Å². The van der Waals surface area contributed by atoms with Crippen LogP contribution in [0.15, 0.2) is 0 Å². The van der Waals surface area contributed by atoms with Gasteiger partial charge in [-0.05, 0) is 0 Å². The third-order valence-corrected chi connectivity index (χ3v) is 1.59. The van der Waals surface area contributed by atoms with Crippen molar-refractivity contribution >= 4 is 23.5 Å². The summed E-state index contributed by atoms with van der Waals surface area (Å²) in [6, 6.07) is -0.741. The number of ketones is 1. The summed E-state index contributed by atoms with van der Waals surface area (Å²) in [5, 5.41) is 2.30. The van der Waals surface area contributed by atoms with Crippen LogP contribution in [-0.2, 0) is 14.3 Å². The average molecular weight is 210 g/mol. The van der Waals surface area contributed by atoms with Crippen molar-refractivity contribution in [2.45, 2.75) is 6.04 Å². The molecule has 13 heavy (non-hydrogen) atoms. The zero-order chi connectivity index (χ0) is 10.3. The maximum absolute atomic E-state index is 11.1. The van der Waals surface area contributed by atoms with Crippen LogP contribution >= 0.6 is 11.6 Å². The number of amides is 1. The summed E-state index contributed by atoms with van der Waals surface area (Å²) in [6.07, 6.45) is -0.680. The van der Waals surface area contributed by atoms with E-state index in [0.29, 0.717) is 0 Å². The monoisotopic (exact) mass is 209 g/mol. The first-order chi connectivity index (χ1) is 6.15. The molecule has 1 unspecified atom stereocenters. The number of carbonyl (C=O) groups excluding carboxylic acids is 2. The Balaban J connectivity index is 4.08. The van der Waals surface area contributed by atoms with Gasteiger partial charge in [0.05, 0.1) is 19.6 Å². The maximum Gasteiger partial charge on any atom is 0.407 e. The molecule has 0 saturated carbocycles. The van der Waals surface area contributed by atoms with E-state index < -0.39 is 12.1 Å². The minimum Gasteiger partial charge on any atom is -0.453 e. The predicted octanol–water partition coefficient (Wildman–Crippen LogP) is 0.165. The molecule has 0 aliphatic rings. The molecule has 1 N–H and O–H groups in total. The molecule has 6 heteroatoms. The van der Waals surface area contributed by atoms with Gasteiger partial charge in [0.2, 0.25) is 0 Å². The molecule has 1 atom stereocenters. The number of rotatable bonds is 5. The highest BCUT2D eigenvalue weighted by Crippen LogP contribution is 1.92. The van der Waals surface area contributed by atoms with Gasteiger partial charge in [0.1, 0.15) is 6.04 Å². The van der Waals surface area contributed by atoms with Crippen molar-refractivity contribution in [3.63, 3.8) is 0 Å². The van der Waals surface area contributed by atoms with Crippen molar-refractivity contribution in [2.75, 3.05) is 26.7 Å². The molecule has 0 aliphatic carbocycles. The standard InChI is InChI=1S/C7H12ClNO4/c1-12-4-5(6(10)3-8)9-7(11)13-2/h5H,3-4H2,1-2H3,(H,9,11). The van der Waals surface area contributed by atoms with Crippen molar-refractivity contribution in [1.29, 1.82) is 0 Å². The topological polar surface area (TPSA) is 64.6 Å². The molecule has 0 heterocycles. The number of nitrogens with one attached hydrogen (secondary N) is 1. The molecule has 1 amide bonds. The summed E-state index contributed by atoms with van der Waals surface area (Å²) in [5.74, 6) is -0.480. The number of ether oxygens (including phenoxy) is 2. The highest BCUT2D eigenvalue weighted by molar-refractivity contribution is 6.28. The van der Waals surface area contributed by atoms with E-state index in [1.807, 2.05) is 0 Å². The summed E-state index contributed by atoms with van der Waals surface area (Å²) in [7, 11) is 2.64. The van der Waals surface area contributed by atoms with E-state index in [-0.39, 0.29) is 18.3 Å². The number of methoxy groups -OCH3 is 2. The van der Waals surface area contributed by atoms with E-state index in [1.54, 1.807) is 0 Å². The van der Waals surface area contributed by atoms with Crippen LogP contribution in [0.3, 0.4) is 0 Å². The van der Waals surface area contributed by atoms with Crippen molar-refractivity contribution < 1.29 is 19.1 Å². The van der Waals surface area contributed by atoms with Gasteiger partial charge in [0.15, 0.2) is 5.78 Å². The number of hydrogen-bond acceptors (Lipinski definition) is 4. The number of carbonyl (C=O) groups is 2. The third kappa shape index (κ3) is 4.69. The largest absolute Gasteiger partial charge is 0.453 e. The van der Waals surface area contributed by atoms with Crippen LogP contribution in [0, 0.1) is 0 Å². The Labute approximate surface area is 81.3 Å². The lowest BCUT2D eigenvalue weighted by molar-refractivity contribution is -0.119. The molecule has 0 bridgehead atoms. The number of hydrogen-bond donors (Lipinski definition) is 1. The van der Waals surface area contributed by atoms with Crippen LogP contribution in [-0.4, -0.2) is 44.6 Å². The smallest absolute Gasteiger partial charge is 0.407 e. The molecule has 0 fully saturated rings. The Morgan fingerprint density at radius 1 is 1.46 bits per heavy atom. The van der Waals surface area contributed by atoms with Gasteiger partial charge in [-0.1, -0.05) is 0 Å². The fourth-order valence-electron chi connectivity index (χ4n) is 0.676. The molecular formula is C7H12ClNO4. The molecule has 0 radical (unpaired) electrons. The molecule has 5 nitrogen and oxygen atoms in total. The number of Topliss-reactive ketones (excluding diaryl/α,β-unsaturated/α-hetero) is 1. The lowest BCUT2D eigenvalue weighted by atomic mass is 10.2. The minimum atomic E-state index is -0.741. The average Bonchev–Trinajstić information content (AvgIpc) is 2.15. The summed E-state index contributed by atoms with van der Waals surface area (Å²) < 4.78 is 9.04. The molecule has 0 aromatic rings. The Hall–Kier alpha value is -0.810. The van der Waals surface area contributed by atoms with Gasteiger partial charge in [-0.3, -0.25) is 4.79 Å². The molecule has 0 saturated heterocycles. The normalized spacial score (nSPS) is 11.9. The maximum atomic E-state index is 11.1. The van der Waals surface area contributed by atoms with Gasteiger partial charge in [-0.15, -0.1) is 11.6 Å². The van der Waals surface area contributed by atoms with Gasteiger partial charge in [0.25, 0.3) is 0 Å². The third-order valence-electron chi connectivity index (χ3n) is 1.33. The van der Waals surface area contributed by atoms with Gasteiger partial charge < -0.3 is 14.8 Å². The highest BCUT2D eigenvalue weighted by atomic mass is 35.5. The number of alkyl halides is 1. The molecule has 0 aliphatic heterocycles. The van der Waals surface area contributed by atoms with Gasteiger partial charge >= 0.3 is 6.09 Å². The first kappa shape index (κ1) is 12.2. The molecule has 0 aromatic carbocycles. The summed E-state index contributed by atoms with van der Waals surface area (Å²) in [4.78, 5) is 21.8. The zero-order valence-corrected chi connectivity index (χ0v) is 8.26. The summed E-state index contributed by atoms with van der Waals surface area (Å²) in [5.41, 5.74) is 0. The van der Waals surface area contributed by atoms with E-state index in [0.717, 1.165) is 0 Å². The van der Waals surface area contributed by atoms with Crippen molar-refractivity contribution in [1.82, 2.24) is 5.32 Å². The zero-order valence-electron chi connectivity index (χ0n) is 7.50. The van der Waals surface area contributed by atoms with Gasteiger partial charge in [-0.25, -0.2) is 4.79 Å². The lowest BCUT2D eigenvalue weighted by Crippen LogP contribution is -2.44. The second-order valence-corrected chi connectivity index (χ2v) is 2.51. The highest BCUT2D eigenvalue weighted by Gasteiger charge is 2.19. The first-order valence-corrected chi connectivity index (χ1v) is 4.11. The Morgan fingerprint density at radius 2 is 2.08 bits per heavy atom. The Kier molecular flexibility index (Phi) is 6.26. The molecule has 76 valence electrons. The van der Waals surface area contributed by atoms with Crippen molar-refractivity contribution in [3.8, 4) is 0 Å².